The molecule has 0 unspecified atom stereocenters. The number of oxazole rings is 1. The number of nitrogens with one attached hydrogen (secondary N) is 1. The molecule has 0 aliphatic carbocycles. The first-order valence-electron chi connectivity index (χ1n) is 7.15. The van der Waals surface area contributed by atoms with Gasteiger partial charge in [0.1, 0.15) is 11.5 Å². The molecule has 114 valence electrons. The topological polar surface area (TPSA) is 56.5 Å². The molecule has 0 aliphatic rings. The van der Waals surface area contributed by atoms with Crippen LogP contribution < -0.4 is 14.8 Å². The Kier molecular flexibility index (Phi) is 5.63. The lowest BCUT2D eigenvalue weighted by Crippen LogP contribution is -2.17. The molecule has 0 bridgehead atoms. The van der Waals surface area contributed by atoms with Gasteiger partial charge in [0, 0.05) is 24.6 Å². The fourth-order valence-electron chi connectivity index (χ4n) is 2.01. The minimum atomic E-state index is 0.720. The summed E-state index contributed by atoms with van der Waals surface area (Å²) in [6.45, 7) is 4.03. The van der Waals surface area contributed by atoms with E-state index in [-0.39, 0.29) is 0 Å². The molecule has 1 aromatic heterocycles. The van der Waals surface area contributed by atoms with E-state index in [1.165, 1.54) is 0 Å². The summed E-state index contributed by atoms with van der Waals surface area (Å²) in [4.78, 5) is 4.31. The van der Waals surface area contributed by atoms with E-state index < -0.39 is 0 Å². The molecular weight excluding hydrogens is 268 g/mol. The van der Waals surface area contributed by atoms with Crippen molar-refractivity contribution in [2.45, 2.75) is 19.8 Å². The third-order valence-electron chi connectivity index (χ3n) is 3.13. The van der Waals surface area contributed by atoms with E-state index >= 15 is 0 Å². The van der Waals surface area contributed by atoms with Gasteiger partial charge in [0.05, 0.1) is 20.4 Å². The molecule has 1 heterocycles. The van der Waals surface area contributed by atoms with Crippen molar-refractivity contribution in [3.8, 4) is 22.8 Å². The van der Waals surface area contributed by atoms with Crippen molar-refractivity contribution in [3.05, 3.63) is 30.3 Å². The molecule has 0 atom stereocenters. The lowest BCUT2D eigenvalue weighted by Gasteiger charge is -2.06. The summed E-state index contributed by atoms with van der Waals surface area (Å²) in [7, 11) is 3.26. The number of benzene rings is 1. The number of aromatic nitrogens is 1. The van der Waals surface area contributed by atoms with E-state index in [1.54, 1.807) is 20.4 Å². The predicted octanol–water partition coefficient (Wildman–Crippen LogP) is 2.90. The Hall–Kier alpha value is -2.01. The lowest BCUT2D eigenvalue weighted by atomic mass is 10.1. The Bertz CT molecular complexity index is 544. The first kappa shape index (κ1) is 15.4. The van der Waals surface area contributed by atoms with Crippen LogP contribution in [0.5, 0.6) is 11.5 Å². The van der Waals surface area contributed by atoms with Gasteiger partial charge in [-0.25, -0.2) is 4.98 Å². The van der Waals surface area contributed by atoms with Gasteiger partial charge in [-0.3, -0.25) is 0 Å². The van der Waals surface area contributed by atoms with Gasteiger partial charge in [-0.2, -0.15) is 0 Å². The Morgan fingerprint density at radius 2 is 1.81 bits per heavy atom. The van der Waals surface area contributed by atoms with Crippen LogP contribution >= 0.6 is 0 Å². The number of methoxy groups -OCH3 is 2. The van der Waals surface area contributed by atoms with Gasteiger partial charge in [-0.15, -0.1) is 0 Å². The maximum Gasteiger partial charge on any atom is 0.196 e. The number of rotatable bonds is 8. The zero-order valence-electron chi connectivity index (χ0n) is 12.8. The van der Waals surface area contributed by atoms with Crippen LogP contribution in [0.3, 0.4) is 0 Å². The first-order valence-corrected chi connectivity index (χ1v) is 7.15. The monoisotopic (exact) mass is 290 g/mol. The van der Waals surface area contributed by atoms with E-state index in [2.05, 4.69) is 17.2 Å². The second-order valence-corrected chi connectivity index (χ2v) is 4.72. The van der Waals surface area contributed by atoms with Crippen LogP contribution in [-0.4, -0.2) is 32.3 Å². The molecule has 2 rings (SSSR count). The molecule has 0 radical (unpaired) electrons. The molecule has 0 aliphatic heterocycles. The van der Waals surface area contributed by atoms with Crippen LogP contribution in [0.15, 0.2) is 28.8 Å². The van der Waals surface area contributed by atoms with E-state index in [0.717, 1.165) is 54.6 Å². The van der Waals surface area contributed by atoms with Gasteiger partial charge in [0.15, 0.2) is 11.7 Å². The highest BCUT2D eigenvalue weighted by Crippen LogP contribution is 2.30. The second kappa shape index (κ2) is 7.69. The summed E-state index contributed by atoms with van der Waals surface area (Å²) in [6.07, 6.45) is 3.64. The van der Waals surface area contributed by atoms with Crippen molar-refractivity contribution in [1.82, 2.24) is 10.3 Å². The fraction of sp³-hybridized carbons (Fsp3) is 0.438. The highest BCUT2D eigenvalue weighted by molar-refractivity contribution is 5.61. The molecule has 1 aromatic carbocycles. The van der Waals surface area contributed by atoms with Gasteiger partial charge in [-0.1, -0.05) is 6.92 Å². The smallest absolute Gasteiger partial charge is 0.196 e. The van der Waals surface area contributed by atoms with Crippen molar-refractivity contribution in [1.29, 1.82) is 0 Å². The molecule has 0 saturated carbocycles. The first-order chi connectivity index (χ1) is 10.3. The quantitative estimate of drug-likeness (QED) is 0.758. The Labute approximate surface area is 125 Å². The van der Waals surface area contributed by atoms with Crippen LogP contribution in [-0.2, 0) is 6.42 Å². The summed E-state index contributed by atoms with van der Waals surface area (Å²) in [5, 5.41) is 3.33. The standard InChI is InChI=1S/C16H22N2O3/c1-4-6-17-7-5-16-18-11-15(21-16)12-8-13(19-2)10-14(9-12)20-3/h8-11,17H,4-7H2,1-3H3. The Morgan fingerprint density at radius 1 is 1.10 bits per heavy atom. The number of nitrogens with zero attached hydrogens (tertiary/aromatic N) is 1. The van der Waals surface area contributed by atoms with Crippen LogP contribution in [0.2, 0.25) is 0 Å². The highest BCUT2D eigenvalue weighted by atomic mass is 16.5. The van der Waals surface area contributed by atoms with E-state index in [1.807, 2.05) is 18.2 Å². The average Bonchev–Trinajstić information content (AvgIpc) is 3.00. The molecule has 0 spiro atoms. The van der Waals surface area contributed by atoms with Gasteiger partial charge in [-0.05, 0) is 25.1 Å². The normalized spacial score (nSPS) is 10.6. The molecule has 5 heteroatoms. The zero-order valence-corrected chi connectivity index (χ0v) is 12.8. The van der Waals surface area contributed by atoms with E-state index in [9.17, 15) is 0 Å². The highest BCUT2D eigenvalue weighted by Gasteiger charge is 2.09. The predicted molar refractivity (Wildman–Crippen MR) is 81.9 cm³/mol. The van der Waals surface area contributed by atoms with E-state index in [4.69, 9.17) is 13.9 Å². The largest absolute Gasteiger partial charge is 0.497 e. The molecule has 1 N–H and O–H groups in total. The SMILES string of the molecule is CCCNCCc1ncc(-c2cc(OC)cc(OC)c2)o1. The lowest BCUT2D eigenvalue weighted by molar-refractivity contribution is 0.394. The summed E-state index contributed by atoms with van der Waals surface area (Å²) in [5.41, 5.74) is 0.895. The van der Waals surface area contributed by atoms with Crippen LogP contribution in [0.1, 0.15) is 19.2 Å². The zero-order chi connectivity index (χ0) is 15.1. The third-order valence-corrected chi connectivity index (χ3v) is 3.13. The minimum absolute atomic E-state index is 0.720. The summed E-state index contributed by atoms with van der Waals surface area (Å²) >= 11 is 0. The van der Waals surface area contributed by atoms with Crippen molar-refractivity contribution in [2.75, 3.05) is 27.3 Å². The van der Waals surface area contributed by atoms with Crippen LogP contribution in [0.4, 0.5) is 0 Å². The van der Waals surface area contributed by atoms with Crippen LogP contribution in [0.25, 0.3) is 11.3 Å². The molecule has 2 aromatic rings. The fourth-order valence-corrected chi connectivity index (χ4v) is 2.01. The minimum Gasteiger partial charge on any atom is -0.497 e. The number of ether oxygens (including phenoxy) is 2. The number of hydrogen-bond donors (Lipinski definition) is 1. The molecule has 5 nitrogen and oxygen atoms in total. The van der Waals surface area contributed by atoms with E-state index in [0.29, 0.717) is 0 Å². The molecule has 0 fully saturated rings. The van der Waals surface area contributed by atoms with Crippen LogP contribution in [0, 0.1) is 0 Å². The summed E-state index contributed by atoms with van der Waals surface area (Å²) in [5.74, 6) is 2.91. The van der Waals surface area contributed by atoms with Crippen molar-refractivity contribution >= 4 is 0 Å². The van der Waals surface area contributed by atoms with Gasteiger partial charge in [0.2, 0.25) is 0 Å². The average molecular weight is 290 g/mol. The molecule has 0 saturated heterocycles. The number of hydrogen-bond acceptors (Lipinski definition) is 5. The Balaban J connectivity index is 2.09. The maximum absolute atomic E-state index is 5.79. The summed E-state index contributed by atoms with van der Waals surface area (Å²) in [6, 6.07) is 5.64. The van der Waals surface area contributed by atoms with Crippen molar-refractivity contribution < 1.29 is 13.9 Å². The van der Waals surface area contributed by atoms with Gasteiger partial charge < -0.3 is 19.2 Å². The van der Waals surface area contributed by atoms with Gasteiger partial charge >= 0.3 is 0 Å². The Morgan fingerprint density at radius 3 is 2.43 bits per heavy atom. The molecule has 21 heavy (non-hydrogen) atoms. The van der Waals surface area contributed by atoms with Crippen molar-refractivity contribution in [2.24, 2.45) is 0 Å². The second-order valence-electron chi connectivity index (χ2n) is 4.72. The van der Waals surface area contributed by atoms with Crippen molar-refractivity contribution in [3.63, 3.8) is 0 Å². The summed E-state index contributed by atoms with van der Waals surface area (Å²) < 4.78 is 16.3. The maximum atomic E-state index is 5.79. The van der Waals surface area contributed by atoms with Gasteiger partial charge in [0.25, 0.3) is 0 Å². The molecule has 0 amide bonds. The molecular formula is C16H22N2O3. The third kappa shape index (κ3) is 4.23.